The van der Waals surface area contributed by atoms with Crippen LogP contribution in [0, 0.1) is 19.3 Å². The molecule has 1 aromatic carbocycles. The largest absolute Gasteiger partial charge is 0.433 e. The summed E-state index contributed by atoms with van der Waals surface area (Å²) in [6, 6.07) is 4.18. The Labute approximate surface area is 296 Å². The molecule has 3 atom stereocenters. The fourth-order valence-corrected chi connectivity index (χ4v) is 7.37. The highest BCUT2D eigenvalue weighted by molar-refractivity contribution is 6.06. The Morgan fingerprint density at radius 3 is 2.52 bits per heavy atom. The second kappa shape index (κ2) is 13.3. The number of nitrogens with one attached hydrogen (secondary N) is 2. The number of pyridine rings is 1. The summed E-state index contributed by atoms with van der Waals surface area (Å²) in [5, 5.41) is 10.6. The molecule has 2 N–H and O–H groups in total. The van der Waals surface area contributed by atoms with Crippen LogP contribution < -0.4 is 15.4 Å². The van der Waals surface area contributed by atoms with Crippen molar-refractivity contribution in [1.29, 1.82) is 0 Å². The molecule has 3 aromatic heterocycles. The number of carbonyl (C=O) groups excluding carboxylic acids is 4. The lowest BCUT2D eigenvalue weighted by molar-refractivity contribution is -0.141. The van der Waals surface area contributed by atoms with Gasteiger partial charge in [0.15, 0.2) is 5.78 Å². The van der Waals surface area contributed by atoms with E-state index in [0.717, 1.165) is 23.6 Å². The fraction of sp³-hybridized carbons (Fsp3) is 0.444. The zero-order chi connectivity index (χ0) is 36.9. The first-order valence-electron chi connectivity index (χ1n) is 17.2. The van der Waals surface area contributed by atoms with Gasteiger partial charge < -0.3 is 20.3 Å². The molecule has 2 bridgehead atoms. The number of rotatable bonds is 5. The fourth-order valence-electron chi connectivity index (χ4n) is 7.37. The zero-order valence-electron chi connectivity index (χ0n) is 28.8. The van der Waals surface area contributed by atoms with Crippen LogP contribution in [0.15, 0.2) is 36.7 Å². The molecule has 2 aliphatic heterocycles. The first-order valence-corrected chi connectivity index (χ1v) is 17.2. The first kappa shape index (κ1) is 35.0. The van der Waals surface area contributed by atoms with Gasteiger partial charge in [0, 0.05) is 49.1 Å². The molecule has 5 heterocycles. The number of carbonyl (C=O) groups is 4. The van der Waals surface area contributed by atoms with Gasteiger partial charge in [0.2, 0.25) is 17.7 Å². The highest BCUT2D eigenvalue weighted by atomic mass is 19.4. The minimum atomic E-state index is -4.72. The molecule has 272 valence electrons. The Hall–Kier alpha value is -5.41. The lowest BCUT2D eigenvalue weighted by Gasteiger charge is -2.27. The minimum absolute atomic E-state index is 0.116. The first-order chi connectivity index (χ1) is 24.7. The van der Waals surface area contributed by atoms with E-state index >= 15 is 0 Å². The van der Waals surface area contributed by atoms with E-state index in [9.17, 15) is 32.3 Å². The molecule has 1 saturated carbocycles. The van der Waals surface area contributed by atoms with Crippen LogP contribution in [0.2, 0.25) is 0 Å². The third kappa shape index (κ3) is 6.80. The number of alkyl halides is 3. The van der Waals surface area contributed by atoms with Crippen LogP contribution in [0.1, 0.15) is 78.3 Å². The minimum Gasteiger partial charge on any atom is -0.424 e. The van der Waals surface area contributed by atoms with Gasteiger partial charge in [-0.2, -0.15) is 18.3 Å². The van der Waals surface area contributed by atoms with E-state index in [0.29, 0.717) is 54.3 Å². The molecule has 1 aliphatic carbocycles. The molecule has 16 heteroatoms. The van der Waals surface area contributed by atoms with Gasteiger partial charge in [-0.05, 0) is 80.8 Å². The lowest BCUT2D eigenvalue weighted by atomic mass is 9.98. The third-order valence-corrected chi connectivity index (χ3v) is 10.1. The van der Waals surface area contributed by atoms with E-state index in [-0.39, 0.29) is 48.7 Å². The summed E-state index contributed by atoms with van der Waals surface area (Å²) in [6.07, 6.45) is 2.13. The van der Waals surface area contributed by atoms with Crippen LogP contribution >= 0.6 is 0 Å². The predicted molar refractivity (Wildman–Crippen MR) is 180 cm³/mol. The zero-order valence-corrected chi connectivity index (χ0v) is 28.8. The van der Waals surface area contributed by atoms with Gasteiger partial charge in [-0.3, -0.25) is 23.9 Å². The number of Topliss-reactive ketones (excluding diaryl/α,β-unsaturated/α-hetero) is 1. The molecule has 0 spiro atoms. The summed E-state index contributed by atoms with van der Waals surface area (Å²) in [7, 11) is 0. The van der Waals surface area contributed by atoms with Crippen LogP contribution in [-0.4, -0.2) is 71.8 Å². The SMILES string of the molecule is CC(=O)c1nn2c3c(cc(Oc4ncc(C)cn4)cc13)CCCCCC(=O)NC[C@@]13C[C@@H](C(=O)Nc4nc(C(F)(F)F)ccc4C)N(C(=O)C2)[C@@H]1C3. The average molecular weight is 719 g/mol. The van der Waals surface area contributed by atoms with Crippen LogP contribution in [0.3, 0.4) is 0 Å². The van der Waals surface area contributed by atoms with Gasteiger partial charge in [-0.15, -0.1) is 0 Å². The van der Waals surface area contributed by atoms with Crippen molar-refractivity contribution < 1.29 is 37.1 Å². The summed E-state index contributed by atoms with van der Waals surface area (Å²) in [5.41, 5.74) is 0.888. The van der Waals surface area contributed by atoms with E-state index in [1.165, 1.54) is 29.5 Å². The second-order valence-corrected chi connectivity index (χ2v) is 14.0. The number of amides is 3. The van der Waals surface area contributed by atoms with Crippen LogP contribution in [0.5, 0.6) is 11.8 Å². The molecule has 3 aliphatic rings. The average Bonchev–Trinajstić information content (AvgIpc) is 3.50. The summed E-state index contributed by atoms with van der Waals surface area (Å²) in [4.78, 5) is 67.6. The van der Waals surface area contributed by atoms with Crippen molar-refractivity contribution >= 4 is 40.2 Å². The molecule has 13 nitrogen and oxygen atoms in total. The molecular formula is C36H37F3N8O5. The van der Waals surface area contributed by atoms with E-state index in [2.05, 4.69) is 30.7 Å². The second-order valence-electron chi connectivity index (χ2n) is 14.0. The van der Waals surface area contributed by atoms with Gasteiger partial charge in [0.05, 0.1) is 5.52 Å². The van der Waals surface area contributed by atoms with Gasteiger partial charge in [0.1, 0.15) is 35.5 Å². The molecule has 0 radical (unpaired) electrons. The Morgan fingerprint density at radius 1 is 1.04 bits per heavy atom. The molecule has 52 heavy (non-hydrogen) atoms. The normalized spacial score (nSPS) is 22.2. The number of aryl methyl sites for hydroxylation is 3. The van der Waals surface area contributed by atoms with Crippen molar-refractivity contribution in [3.8, 4) is 11.8 Å². The van der Waals surface area contributed by atoms with Crippen molar-refractivity contribution in [3.63, 3.8) is 0 Å². The number of aromatic nitrogens is 5. The van der Waals surface area contributed by atoms with Crippen molar-refractivity contribution in [2.45, 2.75) is 90.5 Å². The smallest absolute Gasteiger partial charge is 0.424 e. The quantitative estimate of drug-likeness (QED) is 0.268. The van der Waals surface area contributed by atoms with Gasteiger partial charge in [0.25, 0.3) is 0 Å². The number of nitrogens with zero attached hydrogens (tertiary/aromatic N) is 6. The summed E-state index contributed by atoms with van der Waals surface area (Å²) < 4.78 is 47.9. The summed E-state index contributed by atoms with van der Waals surface area (Å²) in [6.45, 7) is 4.69. The van der Waals surface area contributed by atoms with Crippen molar-refractivity contribution in [3.05, 3.63) is 64.7 Å². The molecule has 0 unspecified atom stereocenters. The summed E-state index contributed by atoms with van der Waals surface area (Å²) >= 11 is 0. The number of anilines is 1. The van der Waals surface area contributed by atoms with Crippen molar-refractivity contribution in [2.24, 2.45) is 5.41 Å². The van der Waals surface area contributed by atoms with Crippen LogP contribution in [0.25, 0.3) is 10.9 Å². The molecule has 4 aromatic rings. The highest BCUT2D eigenvalue weighted by Crippen LogP contribution is 2.59. The van der Waals surface area contributed by atoms with Crippen LogP contribution in [-0.2, 0) is 33.5 Å². The number of ketones is 1. The Bertz CT molecular complexity index is 2100. The number of piperidine rings is 1. The number of hydrogen-bond donors (Lipinski definition) is 2. The molecule has 7 rings (SSSR count). The van der Waals surface area contributed by atoms with Gasteiger partial charge in [-0.1, -0.05) is 12.5 Å². The van der Waals surface area contributed by atoms with Crippen LogP contribution in [0.4, 0.5) is 19.0 Å². The third-order valence-electron chi connectivity index (χ3n) is 10.1. The van der Waals surface area contributed by atoms with Gasteiger partial charge in [-0.25, -0.2) is 15.0 Å². The number of halogens is 3. The Kier molecular flexibility index (Phi) is 8.95. The van der Waals surface area contributed by atoms with Crippen molar-refractivity contribution in [1.82, 2.24) is 34.9 Å². The molecule has 2 fully saturated rings. The topological polar surface area (TPSA) is 161 Å². The molecular weight excluding hydrogens is 681 g/mol. The van der Waals surface area contributed by atoms with Gasteiger partial charge >= 0.3 is 12.2 Å². The maximum absolute atomic E-state index is 14.4. The van der Waals surface area contributed by atoms with E-state index in [1.54, 1.807) is 24.5 Å². The van der Waals surface area contributed by atoms with Crippen molar-refractivity contribution in [2.75, 3.05) is 11.9 Å². The molecule has 1 saturated heterocycles. The monoisotopic (exact) mass is 718 g/mol. The lowest BCUT2D eigenvalue weighted by Crippen LogP contribution is -2.47. The number of ether oxygens (including phenoxy) is 1. The Balaban J connectivity index is 1.26. The predicted octanol–water partition coefficient (Wildman–Crippen LogP) is 5.08. The number of hydrogen-bond acceptors (Lipinski definition) is 9. The standard InChI is InChI=1S/C36H37F3N8O5/c1-19-15-40-34(41-16-19)52-23-11-22-7-5-4-6-8-28(49)42-18-35-13-25(33(51)44-32-20(2)9-10-26(43-32)36(37,38)39)47(27(35)14-35)29(50)17-46-31(22)24(12-23)30(45-46)21(3)48/h9-12,15-16,25,27H,4-8,13-14,17-18H2,1-3H3,(H,42,49)(H,43,44,51)/t25-,27+,35-/m0/s1. The summed E-state index contributed by atoms with van der Waals surface area (Å²) in [5.74, 6) is -1.49. The number of benzene rings is 1. The Morgan fingerprint density at radius 2 is 1.79 bits per heavy atom. The highest BCUT2D eigenvalue weighted by Gasteiger charge is 2.67. The maximum Gasteiger partial charge on any atom is 0.433 e. The van der Waals surface area contributed by atoms with E-state index in [1.807, 2.05) is 6.92 Å². The molecule has 3 amide bonds. The van der Waals surface area contributed by atoms with E-state index < -0.39 is 41.2 Å². The maximum atomic E-state index is 14.4. The van der Waals surface area contributed by atoms with E-state index in [4.69, 9.17) is 4.74 Å².